The lowest BCUT2D eigenvalue weighted by Crippen LogP contribution is -2.29. The van der Waals surface area contributed by atoms with Crippen molar-refractivity contribution in [2.75, 3.05) is 24.6 Å². The highest BCUT2D eigenvalue weighted by Crippen LogP contribution is 2.20. The van der Waals surface area contributed by atoms with Gasteiger partial charge < -0.3 is 4.90 Å². The molecule has 1 aromatic rings. The summed E-state index contributed by atoms with van der Waals surface area (Å²) in [5, 5.41) is 0. The number of carbonyl (C=O) groups excluding carboxylic acids is 1. The molecule has 1 aliphatic heterocycles. The molecule has 0 N–H and O–H groups in total. The zero-order valence-electron chi connectivity index (χ0n) is 11.0. The van der Waals surface area contributed by atoms with E-state index in [4.69, 9.17) is 0 Å². The minimum atomic E-state index is 0.317. The molecule has 0 aromatic heterocycles. The molecular weight excluding hydrogens is 242 g/mol. The van der Waals surface area contributed by atoms with Crippen LogP contribution in [0.4, 0.5) is 0 Å². The van der Waals surface area contributed by atoms with E-state index in [1.165, 1.54) is 18.4 Å². The average Bonchev–Trinajstić information content (AvgIpc) is 2.93. The molecule has 1 unspecified atom stereocenters. The molecule has 18 heavy (non-hydrogen) atoms. The Balaban J connectivity index is 1.70. The molecule has 1 heterocycles. The Bertz CT molecular complexity index is 373. The van der Waals surface area contributed by atoms with Crippen LogP contribution in [0, 0.1) is 0 Å². The van der Waals surface area contributed by atoms with Gasteiger partial charge in [-0.15, -0.1) is 0 Å². The maximum absolute atomic E-state index is 11.9. The van der Waals surface area contributed by atoms with Crippen LogP contribution in [0.25, 0.3) is 0 Å². The summed E-state index contributed by atoms with van der Waals surface area (Å²) < 4.78 is 0. The molecule has 2 nitrogen and oxygen atoms in total. The molecule has 0 bridgehead atoms. The molecule has 1 aliphatic rings. The standard InChI is InChI=1S/C15H21NOS/c1-13(14-7-3-2-4-8-14)11-18-12-15(17)16-9-5-6-10-16/h2-4,7-8,13H,5-6,9-12H2,1H3. The van der Waals surface area contributed by atoms with Crippen molar-refractivity contribution in [3.05, 3.63) is 35.9 Å². The number of carbonyl (C=O) groups is 1. The second-order valence-corrected chi connectivity index (χ2v) is 5.95. The highest BCUT2D eigenvalue weighted by atomic mass is 32.2. The van der Waals surface area contributed by atoms with E-state index in [2.05, 4.69) is 31.2 Å². The maximum Gasteiger partial charge on any atom is 0.232 e. The van der Waals surface area contributed by atoms with E-state index in [0.717, 1.165) is 18.8 Å². The second kappa shape index (κ2) is 6.83. The van der Waals surface area contributed by atoms with Gasteiger partial charge in [-0.1, -0.05) is 37.3 Å². The molecule has 1 aromatic carbocycles. The summed E-state index contributed by atoms with van der Waals surface area (Å²) >= 11 is 1.76. The lowest BCUT2D eigenvalue weighted by Gasteiger charge is -2.16. The van der Waals surface area contributed by atoms with Crippen molar-refractivity contribution < 1.29 is 4.79 Å². The van der Waals surface area contributed by atoms with Gasteiger partial charge in [0.15, 0.2) is 0 Å². The van der Waals surface area contributed by atoms with Crippen LogP contribution in [0.3, 0.4) is 0 Å². The van der Waals surface area contributed by atoms with Crippen molar-refractivity contribution in [1.29, 1.82) is 0 Å². The van der Waals surface area contributed by atoms with E-state index in [1.54, 1.807) is 11.8 Å². The Morgan fingerprint density at radius 1 is 1.28 bits per heavy atom. The Morgan fingerprint density at radius 2 is 1.94 bits per heavy atom. The fraction of sp³-hybridized carbons (Fsp3) is 0.533. The Hall–Kier alpha value is -0.960. The minimum Gasteiger partial charge on any atom is -0.342 e. The van der Waals surface area contributed by atoms with Gasteiger partial charge in [0.25, 0.3) is 0 Å². The van der Waals surface area contributed by atoms with E-state index in [9.17, 15) is 4.79 Å². The molecule has 1 saturated heterocycles. The Kier molecular flexibility index (Phi) is 5.12. The topological polar surface area (TPSA) is 20.3 Å². The van der Waals surface area contributed by atoms with Crippen molar-refractivity contribution in [2.24, 2.45) is 0 Å². The maximum atomic E-state index is 11.9. The molecule has 0 aliphatic carbocycles. The molecule has 3 heteroatoms. The van der Waals surface area contributed by atoms with E-state index >= 15 is 0 Å². The van der Waals surface area contributed by atoms with Gasteiger partial charge in [0, 0.05) is 18.8 Å². The number of amides is 1. The number of thioether (sulfide) groups is 1. The molecule has 1 fully saturated rings. The van der Waals surface area contributed by atoms with Gasteiger partial charge in [-0.3, -0.25) is 4.79 Å². The van der Waals surface area contributed by atoms with Gasteiger partial charge in [0.1, 0.15) is 0 Å². The summed E-state index contributed by atoms with van der Waals surface area (Å²) in [4.78, 5) is 13.9. The quantitative estimate of drug-likeness (QED) is 0.813. The van der Waals surface area contributed by atoms with Gasteiger partial charge in [-0.05, 0) is 24.3 Å². The van der Waals surface area contributed by atoms with Crippen molar-refractivity contribution in [3.63, 3.8) is 0 Å². The number of rotatable bonds is 5. The molecular formula is C15H21NOS. The van der Waals surface area contributed by atoms with Crippen molar-refractivity contribution in [1.82, 2.24) is 4.90 Å². The summed E-state index contributed by atoms with van der Waals surface area (Å²) in [5.74, 6) is 2.49. The number of hydrogen-bond acceptors (Lipinski definition) is 2. The number of likely N-dealkylation sites (tertiary alicyclic amines) is 1. The van der Waals surface area contributed by atoms with Crippen molar-refractivity contribution >= 4 is 17.7 Å². The zero-order chi connectivity index (χ0) is 12.8. The first-order valence-electron chi connectivity index (χ1n) is 6.68. The van der Waals surface area contributed by atoms with Crippen LogP contribution in [0.2, 0.25) is 0 Å². The van der Waals surface area contributed by atoms with Gasteiger partial charge in [-0.2, -0.15) is 11.8 Å². The first-order valence-corrected chi connectivity index (χ1v) is 7.83. The zero-order valence-corrected chi connectivity index (χ0v) is 11.8. The second-order valence-electron chi connectivity index (χ2n) is 4.91. The van der Waals surface area contributed by atoms with Crippen molar-refractivity contribution in [3.8, 4) is 0 Å². The molecule has 2 rings (SSSR count). The van der Waals surface area contributed by atoms with Crippen LogP contribution in [-0.4, -0.2) is 35.4 Å². The van der Waals surface area contributed by atoms with Gasteiger partial charge in [-0.25, -0.2) is 0 Å². The van der Waals surface area contributed by atoms with E-state index in [-0.39, 0.29) is 0 Å². The summed E-state index contributed by atoms with van der Waals surface area (Å²) in [6.07, 6.45) is 2.35. The Labute approximate surface area is 114 Å². The molecule has 0 saturated carbocycles. The highest BCUT2D eigenvalue weighted by molar-refractivity contribution is 7.99. The van der Waals surface area contributed by atoms with Crippen LogP contribution in [0.5, 0.6) is 0 Å². The summed E-state index contributed by atoms with van der Waals surface area (Å²) in [5.41, 5.74) is 1.36. The fourth-order valence-electron chi connectivity index (χ4n) is 2.26. The number of benzene rings is 1. The molecule has 0 radical (unpaired) electrons. The summed E-state index contributed by atoms with van der Waals surface area (Å²) in [6.45, 7) is 4.16. The smallest absolute Gasteiger partial charge is 0.232 e. The average molecular weight is 263 g/mol. The van der Waals surface area contributed by atoms with Crippen LogP contribution >= 0.6 is 11.8 Å². The molecule has 1 atom stereocenters. The first kappa shape index (κ1) is 13.5. The lowest BCUT2D eigenvalue weighted by molar-refractivity contribution is -0.127. The monoisotopic (exact) mass is 263 g/mol. The predicted octanol–water partition coefficient (Wildman–Crippen LogP) is 3.15. The first-order chi connectivity index (χ1) is 8.77. The number of nitrogens with zero attached hydrogens (tertiary/aromatic N) is 1. The van der Waals surface area contributed by atoms with E-state index in [1.807, 2.05) is 11.0 Å². The van der Waals surface area contributed by atoms with Crippen LogP contribution in [0.15, 0.2) is 30.3 Å². The fourth-order valence-corrected chi connectivity index (χ4v) is 3.28. The van der Waals surface area contributed by atoms with Gasteiger partial charge >= 0.3 is 0 Å². The highest BCUT2D eigenvalue weighted by Gasteiger charge is 2.17. The Morgan fingerprint density at radius 3 is 2.61 bits per heavy atom. The number of hydrogen-bond donors (Lipinski definition) is 0. The van der Waals surface area contributed by atoms with E-state index < -0.39 is 0 Å². The summed E-state index contributed by atoms with van der Waals surface area (Å²) in [7, 11) is 0. The normalized spacial score (nSPS) is 16.8. The lowest BCUT2D eigenvalue weighted by atomic mass is 10.0. The molecule has 98 valence electrons. The third-order valence-electron chi connectivity index (χ3n) is 3.42. The predicted molar refractivity (Wildman–Crippen MR) is 78.0 cm³/mol. The van der Waals surface area contributed by atoms with E-state index in [0.29, 0.717) is 17.6 Å². The minimum absolute atomic E-state index is 0.317. The SMILES string of the molecule is CC(CSCC(=O)N1CCCC1)c1ccccc1. The van der Waals surface area contributed by atoms with Crippen LogP contribution in [-0.2, 0) is 4.79 Å². The van der Waals surface area contributed by atoms with Crippen molar-refractivity contribution in [2.45, 2.75) is 25.7 Å². The van der Waals surface area contributed by atoms with Gasteiger partial charge in [0.05, 0.1) is 5.75 Å². The van der Waals surface area contributed by atoms with Crippen LogP contribution < -0.4 is 0 Å². The molecule has 0 spiro atoms. The summed E-state index contributed by atoms with van der Waals surface area (Å²) in [6, 6.07) is 10.5. The molecule has 1 amide bonds. The third-order valence-corrected chi connectivity index (χ3v) is 4.61. The third kappa shape index (κ3) is 3.77. The van der Waals surface area contributed by atoms with Crippen LogP contribution in [0.1, 0.15) is 31.2 Å². The van der Waals surface area contributed by atoms with Gasteiger partial charge in [0.2, 0.25) is 5.91 Å². The largest absolute Gasteiger partial charge is 0.342 e.